The molecule has 0 spiro atoms. The van der Waals surface area contributed by atoms with Gasteiger partial charge in [0.05, 0.1) is 0 Å². The van der Waals surface area contributed by atoms with Crippen LogP contribution in [-0.4, -0.2) is 0 Å². The Morgan fingerprint density at radius 3 is 2.59 bits per heavy atom. The molecule has 1 heteroatoms. The number of aryl methyl sites for hydroxylation is 1. The van der Waals surface area contributed by atoms with Gasteiger partial charge in [-0.3, -0.25) is 0 Å². The number of allylic oxidation sites excluding steroid dienone is 2. The maximum atomic E-state index is 4.30. The second kappa shape index (κ2) is 6.23. The van der Waals surface area contributed by atoms with E-state index >= 15 is 0 Å². The van der Waals surface area contributed by atoms with E-state index in [1.54, 1.807) is 0 Å². The molecule has 1 aliphatic rings. The Morgan fingerprint density at radius 2 is 1.86 bits per heavy atom. The van der Waals surface area contributed by atoms with E-state index in [1.165, 1.54) is 40.0 Å². The van der Waals surface area contributed by atoms with Gasteiger partial charge in [0.2, 0.25) is 0 Å². The van der Waals surface area contributed by atoms with Crippen LogP contribution in [0.15, 0.2) is 66.4 Å². The fraction of sp³-hybridized carbons (Fsp3) is 0.238. The molecule has 1 aliphatic carbocycles. The molecular weight excluding hydrogens is 266 g/mol. The van der Waals surface area contributed by atoms with E-state index in [0.29, 0.717) is 0 Å². The van der Waals surface area contributed by atoms with Gasteiger partial charge >= 0.3 is 0 Å². The van der Waals surface area contributed by atoms with Crippen LogP contribution < -0.4 is 5.32 Å². The first kappa shape index (κ1) is 14.6. The molecule has 0 aliphatic heterocycles. The molecule has 0 saturated heterocycles. The minimum atomic E-state index is 0.930. The van der Waals surface area contributed by atoms with Gasteiger partial charge in [-0.05, 0) is 59.7 Å². The van der Waals surface area contributed by atoms with Crippen LogP contribution in [0.3, 0.4) is 0 Å². The van der Waals surface area contributed by atoms with Crippen molar-refractivity contribution in [2.75, 3.05) is 5.32 Å². The van der Waals surface area contributed by atoms with Crippen LogP contribution in [0.25, 0.3) is 5.57 Å². The van der Waals surface area contributed by atoms with Crippen LogP contribution >= 0.6 is 0 Å². The summed E-state index contributed by atoms with van der Waals surface area (Å²) in [5, 5.41) is 3.54. The van der Waals surface area contributed by atoms with Crippen molar-refractivity contribution in [2.24, 2.45) is 0 Å². The topological polar surface area (TPSA) is 12.0 Å². The van der Waals surface area contributed by atoms with Crippen molar-refractivity contribution in [1.29, 1.82) is 0 Å². The first-order chi connectivity index (χ1) is 10.7. The molecule has 112 valence electrons. The van der Waals surface area contributed by atoms with Crippen molar-refractivity contribution >= 4 is 11.3 Å². The molecule has 0 radical (unpaired) electrons. The van der Waals surface area contributed by atoms with Crippen LogP contribution in [0, 0.1) is 0 Å². The minimum absolute atomic E-state index is 0.930. The Balaban J connectivity index is 1.97. The lowest BCUT2D eigenvalue weighted by molar-refractivity contribution is 0.916. The zero-order chi connectivity index (χ0) is 15.5. The summed E-state index contributed by atoms with van der Waals surface area (Å²) < 4.78 is 0. The number of rotatable bonds is 4. The number of hydrogen-bond donors (Lipinski definition) is 1. The highest BCUT2D eigenvalue weighted by molar-refractivity contribution is 5.79. The second-order valence-corrected chi connectivity index (χ2v) is 6.01. The van der Waals surface area contributed by atoms with Crippen LogP contribution in [0.4, 0.5) is 5.69 Å². The van der Waals surface area contributed by atoms with Gasteiger partial charge in [0.15, 0.2) is 0 Å². The highest BCUT2D eigenvalue weighted by Gasteiger charge is 2.19. The third kappa shape index (κ3) is 2.85. The monoisotopic (exact) mass is 289 g/mol. The molecule has 0 heterocycles. The van der Waals surface area contributed by atoms with Gasteiger partial charge < -0.3 is 5.32 Å². The summed E-state index contributed by atoms with van der Waals surface area (Å²) in [5.74, 6) is 0. The van der Waals surface area contributed by atoms with E-state index in [-0.39, 0.29) is 0 Å². The largest absolute Gasteiger partial charge is 0.355 e. The van der Waals surface area contributed by atoms with E-state index in [4.69, 9.17) is 0 Å². The number of para-hydroxylation sites is 1. The maximum absolute atomic E-state index is 4.30. The Hall–Kier alpha value is -2.28. The molecule has 0 amide bonds. The van der Waals surface area contributed by atoms with E-state index in [0.717, 1.165) is 18.5 Å². The van der Waals surface area contributed by atoms with Gasteiger partial charge in [-0.2, -0.15) is 0 Å². The number of hydrogen-bond acceptors (Lipinski definition) is 1. The molecule has 0 unspecified atom stereocenters. The molecule has 0 aromatic heterocycles. The molecular formula is C21H23N. The minimum Gasteiger partial charge on any atom is -0.355 e. The molecule has 0 saturated carbocycles. The van der Waals surface area contributed by atoms with Gasteiger partial charge in [-0.1, -0.05) is 56.3 Å². The van der Waals surface area contributed by atoms with Crippen LogP contribution in [0.2, 0.25) is 0 Å². The second-order valence-electron chi connectivity index (χ2n) is 6.01. The quantitative estimate of drug-likeness (QED) is 0.773. The molecule has 2 aromatic carbocycles. The fourth-order valence-corrected chi connectivity index (χ4v) is 3.17. The number of fused-ring (bicyclic) bond motifs is 1. The van der Waals surface area contributed by atoms with Crippen molar-refractivity contribution in [1.82, 2.24) is 0 Å². The predicted octanol–water partition coefficient (Wildman–Crippen LogP) is 5.59. The molecule has 1 N–H and O–H groups in total. The molecule has 3 rings (SSSR count). The van der Waals surface area contributed by atoms with E-state index < -0.39 is 0 Å². The Morgan fingerprint density at radius 1 is 1.09 bits per heavy atom. The van der Waals surface area contributed by atoms with E-state index in [2.05, 4.69) is 68.2 Å². The summed E-state index contributed by atoms with van der Waals surface area (Å²) in [5.41, 5.74) is 8.94. The summed E-state index contributed by atoms with van der Waals surface area (Å²) in [7, 11) is 0. The van der Waals surface area contributed by atoms with Crippen LogP contribution in [-0.2, 0) is 12.8 Å². The lowest BCUT2D eigenvalue weighted by Gasteiger charge is -2.25. The average molecular weight is 289 g/mol. The summed E-state index contributed by atoms with van der Waals surface area (Å²) in [6, 6.07) is 17.2. The molecule has 0 bridgehead atoms. The molecule has 22 heavy (non-hydrogen) atoms. The Bertz CT molecular complexity index is 723. The lowest BCUT2D eigenvalue weighted by Crippen LogP contribution is -2.13. The standard InChI is InChI=1S/C21H23N/c1-4-8-17-11-12-20-16(3)21(15(2)13-18(20)14-17)22-19-9-6-5-7-10-19/h5-7,9-12,14,22H,2,4,8,13H2,1,3H3. The first-order valence-corrected chi connectivity index (χ1v) is 8.02. The predicted molar refractivity (Wildman–Crippen MR) is 95.9 cm³/mol. The van der Waals surface area contributed by atoms with Crippen molar-refractivity contribution in [2.45, 2.75) is 33.1 Å². The summed E-state index contributed by atoms with van der Waals surface area (Å²) >= 11 is 0. The van der Waals surface area contributed by atoms with Gasteiger partial charge in [0.1, 0.15) is 0 Å². The van der Waals surface area contributed by atoms with Crippen LogP contribution in [0.1, 0.15) is 37.0 Å². The highest BCUT2D eigenvalue weighted by atomic mass is 14.9. The lowest BCUT2D eigenvalue weighted by atomic mass is 9.85. The van der Waals surface area contributed by atoms with Crippen molar-refractivity contribution in [3.8, 4) is 0 Å². The van der Waals surface area contributed by atoms with Crippen molar-refractivity contribution < 1.29 is 0 Å². The zero-order valence-corrected chi connectivity index (χ0v) is 13.4. The molecule has 0 atom stereocenters. The SMILES string of the molecule is C=C1Cc2cc(CCC)ccc2C(C)=C1Nc1ccccc1. The first-order valence-electron chi connectivity index (χ1n) is 8.02. The Kier molecular flexibility index (Phi) is 4.15. The van der Waals surface area contributed by atoms with Crippen molar-refractivity contribution in [3.63, 3.8) is 0 Å². The maximum Gasteiger partial charge on any atom is 0.0450 e. The van der Waals surface area contributed by atoms with Crippen molar-refractivity contribution in [3.05, 3.63) is 83.1 Å². The zero-order valence-electron chi connectivity index (χ0n) is 13.4. The third-order valence-corrected chi connectivity index (χ3v) is 4.29. The fourth-order valence-electron chi connectivity index (χ4n) is 3.17. The normalized spacial score (nSPS) is 14.0. The highest BCUT2D eigenvalue weighted by Crippen LogP contribution is 2.34. The third-order valence-electron chi connectivity index (χ3n) is 4.29. The van der Waals surface area contributed by atoms with E-state index in [9.17, 15) is 0 Å². The smallest absolute Gasteiger partial charge is 0.0450 e. The molecule has 0 fully saturated rings. The average Bonchev–Trinajstić information content (AvgIpc) is 2.52. The van der Waals surface area contributed by atoms with Gasteiger partial charge in [-0.15, -0.1) is 0 Å². The van der Waals surface area contributed by atoms with Gasteiger partial charge in [0, 0.05) is 11.4 Å². The summed E-state index contributed by atoms with van der Waals surface area (Å²) in [6.45, 7) is 8.71. The molecule has 1 nitrogen and oxygen atoms in total. The molecule has 2 aromatic rings. The van der Waals surface area contributed by atoms with Gasteiger partial charge in [-0.25, -0.2) is 0 Å². The van der Waals surface area contributed by atoms with Crippen LogP contribution in [0.5, 0.6) is 0 Å². The van der Waals surface area contributed by atoms with Gasteiger partial charge in [0.25, 0.3) is 0 Å². The summed E-state index contributed by atoms with van der Waals surface area (Å²) in [4.78, 5) is 0. The number of nitrogens with one attached hydrogen (secondary N) is 1. The number of benzene rings is 2. The number of anilines is 1. The summed E-state index contributed by atoms with van der Waals surface area (Å²) in [6.07, 6.45) is 3.27. The Labute approximate surface area is 133 Å². The van der Waals surface area contributed by atoms with E-state index in [1.807, 2.05) is 6.07 Å².